The van der Waals surface area contributed by atoms with Crippen LogP contribution in [0, 0.1) is 11.6 Å². The molecule has 0 aliphatic heterocycles. The standard InChI is InChI=1S/C25H30F2N2O4/c1-2-16-4-3-5-18(10-16)25(8-9-25)28-15-22(30)21(29-23(31)6-7-24(32)33)13-17-11-19(26)14-20(27)12-17/h3-5,10-12,14,21-22,28,30H,2,6-9,13,15H2,1H3,(H,29,31)(H,32,33)/t21-,22+/m0/s1. The minimum absolute atomic E-state index is 0.00530. The van der Waals surface area contributed by atoms with Crippen LogP contribution in [0.4, 0.5) is 8.78 Å². The van der Waals surface area contributed by atoms with Crippen molar-refractivity contribution in [3.05, 3.63) is 70.8 Å². The van der Waals surface area contributed by atoms with E-state index in [0.717, 1.165) is 43.0 Å². The molecule has 6 nitrogen and oxygen atoms in total. The number of rotatable bonds is 12. The van der Waals surface area contributed by atoms with Gasteiger partial charge >= 0.3 is 5.97 Å². The van der Waals surface area contributed by atoms with Crippen molar-refractivity contribution in [3.63, 3.8) is 0 Å². The van der Waals surface area contributed by atoms with Crippen molar-refractivity contribution in [1.82, 2.24) is 10.6 Å². The van der Waals surface area contributed by atoms with Gasteiger partial charge in [-0.1, -0.05) is 31.2 Å². The zero-order chi connectivity index (χ0) is 24.0. The Bertz CT molecular complexity index is 974. The quantitative estimate of drug-likeness (QED) is 0.390. The third-order valence-corrected chi connectivity index (χ3v) is 6.04. The third-order valence-electron chi connectivity index (χ3n) is 6.04. The van der Waals surface area contributed by atoms with Crippen LogP contribution >= 0.6 is 0 Å². The van der Waals surface area contributed by atoms with E-state index in [0.29, 0.717) is 0 Å². The van der Waals surface area contributed by atoms with Crippen molar-refractivity contribution in [3.8, 4) is 0 Å². The van der Waals surface area contributed by atoms with E-state index in [1.165, 1.54) is 5.56 Å². The second-order valence-electron chi connectivity index (χ2n) is 8.63. The first-order valence-electron chi connectivity index (χ1n) is 11.2. The average molecular weight is 461 g/mol. The van der Waals surface area contributed by atoms with Gasteiger partial charge < -0.3 is 20.8 Å². The summed E-state index contributed by atoms with van der Waals surface area (Å²) < 4.78 is 27.3. The Labute approximate surface area is 192 Å². The van der Waals surface area contributed by atoms with Gasteiger partial charge in [0.1, 0.15) is 11.6 Å². The minimum Gasteiger partial charge on any atom is -0.481 e. The Balaban J connectivity index is 1.70. The van der Waals surface area contributed by atoms with Gasteiger partial charge in [0.2, 0.25) is 5.91 Å². The second-order valence-corrected chi connectivity index (χ2v) is 8.63. The van der Waals surface area contributed by atoms with Gasteiger partial charge in [0.05, 0.1) is 18.6 Å². The fraction of sp³-hybridized carbons (Fsp3) is 0.440. The molecule has 0 bridgehead atoms. The molecule has 1 amide bonds. The second kappa shape index (κ2) is 10.9. The van der Waals surface area contributed by atoms with E-state index in [1.54, 1.807) is 0 Å². The maximum atomic E-state index is 13.6. The lowest BCUT2D eigenvalue weighted by molar-refractivity contribution is -0.139. The van der Waals surface area contributed by atoms with Crippen molar-refractivity contribution in [2.24, 2.45) is 0 Å². The van der Waals surface area contributed by atoms with Crippen LogP contribution in [-0.4, -0.2) is 40.8 Å². The highest BCUT2D eigenvalue weighted by molar-refractivity contribution is 5.80. The van der Waals surface area contributed by atoms with Gasteiger partial charge in [0.15, 0.2) is 0 Å². The Hall–Kier alpha value is -2.84. The molecule has 0 saturated heterocycles. The van der Waals surface area contributed by atoms with Crippen molar-refractivity contribution in [2.45, 2.75) is 63.1 Å². The van der Waals surface area contributed by atoms with E-state index >= 15 is 0 Å². The van der Waals surface area contributed by atoms with E-state index in [4.69, 9.17) is 5.11 Å². The van der Waals surface area contributed by atoms with E-state index in [1.807, 2.05) is 12.1 Å². The molecule has 1 aliphatic rings. The molecule has 2 atom stereocenters. The lowest BCUT2D eigenvalue weighted by Crippen LogP contribution is -2.50. The van der Waals surface area contributed by atoms with Crippen molar-refractivity contribution < 1.29 is 28.6 Å². The van der Waals surface area contributed by atoms with Gasteiger partial charge in [-0.25, -0.2) is 8.78 Å². The lowest BCUT2D eigenvalue weighted by atomic mass is 9.98. The summed E-state index contributed by atoms with van der Waals surface area (Å²) in [6.07, 6.45) is 1.08. The van der Waals surface area contributed by atoms with Crippen molar-refractivity contribution in [2.75, 3.05) is 6.54 Å². The fourth-order valence-corrected chi connectivity index (χ4v) is 3.99. The van der Waals surface area contributed by atoms with Gasteiger partial charge in [-0.2, -0.15) is 0 Å². The Kier molecular flexibility index (Phi) is 8.15. The molecule has 3 rings (SSSR count). The SMILES string of the molecule is CCc1cccc(C2(NC[C@@H](O)[C@H](Cc3cc(F)cc(F)c3)NC(=O)CCC(=O)O)CC2)c1. The van der Waals surface area contributed by atoms with Gasteiger partial charge in [-0.05, 0) is 54.5 Å². The highest BCUT2D eigenvalue weighted by atomic mass is 19.1. The number of hydrogen-bond donors (Lipinski definition) is 4. The molecule has 8 heteroatoms. The predicted molar refractivity (Wildman–Crippen MR) is 120 cm³/mol. The number of aliphatic carboxylic acids is 1. The summed E-state index contributed by atoms with van der Waals surface area (Å²) in [6.45, 7) is 2.24. The number of benzene rings is 2. The number of amides is 1. The topological polar surface area (TPSA) is 98.7 Å². The fourth-order valence-electron chi connectivity index (χ4n) is 3.99. The first-order valence-corrected chi connectivity index (χ1v) is 11.2. The Morgan fingerprint density at radius 1 is 1.06 bits per heavy atom. The summed E-state index contributed by atoms with van der Waals surface area (Å²) in [4.78, 5) is 23.0. The van der Waals surface area contributed by atoms with Gasteiger partial charge in [-0.3, -0.25) is 9.59 Å². The molecule has 1 aliphatic carbocycles. The van der Waals surface area contributed by atoms with Gasteiger partial charge in [0, 0.05) is 24.6 Å². The van der Waals surface area contributed by atoms with Crippen molar-refractivity contribution in [1.29, 1.82) is 0 Å². The van der Waals surface area contributed by atoms with Crippen LogP contribution in [0.3, 0.4) is 0 Å². The maximum Gasteiger partial charge on any atom is 0.303 e. The molecule has 1 fully saturated rings. The predicted octanol–water partition coefficient (Wildman–Crippen LogP) is 3.06. The number of carbonyl (C=O) groups excluding carboxylic acids is 1. The van der Waals surface area contributed by atoms with E-state index in [-0.39, 0.29) is 36.9 Å². The zero-order valence-electron chi connectivity index (χ0n) is 18.6. The third kappa shape index (κ3) is 7.07. The summed E-state index contributed by atoms with van der Waals surface area (Å²) in [5.41, 5.74) is 2.41. The average Bonchev–Trinajstić information content (AvgIpc) is 3.56. The maximum absolute atomic E-state index is 13.6. The van der Waals surface area contributed by atoms with Crippen LogP contribution in [0.15, 0.2) is 42.5 Å². The molecule has 178 valence electrons. The molecule has 0 spiro atoms. The molecular formula is C25H30F2N2O4. The number of nitrogens with one attached hydrogen (secondary N) is 2. The molecule has 33 heavy (non-hydrogen) atoms. The van der Waals surface area contributed by atoms with Crippen LogP contribution < -0.4 is 10.6 Å². The molecule has 4 N–H and O–H groups in total. The number of aliphatic hydroxyl groups is 1. The van der Waals surface area contributed by atoms with E-state index in [2.05, 4.69) is 29.7 Å². The summed E-state index contributed by atoms with van der Waals surface area (Å²) in [6, 6.07) is 10.5. The Morgan fingerprint density at radius 2 is 1.76 bits per heavy atom. The number of halogens is 2. The Morgan fingerprint density at radius 3 is 2.36 bits per heavy atom. The normalized spacial score (nSPS) is 16.1. The van der Waals surface area contributed by atoms with E-state index < -0.39 is 35.7 Å². The molecule has 0 heterocycles. The highest BCUT2D eigenvalue weighted by Crippen LogP contribution is 2.45. The summed E-state index contributed by atoms with van der Waals surface area (Å²) >= 11 is 0. The first-order chi connectivity index (χ1) is 15.7. The van der Waals surface area contributed by atoms with Gasteiger partial charge in [0.25, 0.3) is 0 Å². The van der Waals surface area contributed by atoms with Crippen LogP contribution in [0.2, 0.25) is 0 Å². The minimum atomic E-state index is -1.11. The van der Waals surface area contributed by atoms with Crippen LogP contribution in [0.5, 0.6) is 0 Å². The number of aliphatic hydroxyl groups excluding tert-OH is 1. The summed E-state index contributed by atoms with van der Waals surface area (Å²) in [7, 11) is 0. The number of aryl methyl sites for hydroxylation is 1. The molecule has 2 aromatic carbocycles. The summed E-state index contributed by atoms with van der Waals surface area (Å²) in [5, 5.41) is 25.7. The smallest absolute Gasteiger partial charge is 0.303 e. The molecular weight excluding hydrogens is 430 g/mol. The van der Waals surface area contributed by atoms with E-state index in [9.17, 15) is 23.5 Å². The van der Waals surface area contributed by atoms with Gasteiger partial charge in [-0.15, -0.1) is 0 Å². The zero-order valence-corrected chi connectivity index (χ0v) is 18.6. The number of carboxylic acids is 1. The largest absolute Gasteiger partial charge is 0.481 e. The number of carboxylic acid groups (broad SMARTS) is 1. The number of carbonyl (C=O) groups is 2. The lowest BCUT2D eigenvalue weighted by Gasteiger charge is -2.27. The molecule has 1 saturated carbocycles. The molecule has 0 aromatic heterocycles. The van der Waals surface area contributed by atoms with Crippen molar-refractivity contribution >= 4 is 11.9 Å². The molecule has 2 aromatic rings. The summed E-state index contributed by atoms with van der Waals surface area (Å²) in [5.74, 6) is -3.15. The highest BCUT2D eigenvalue weighted by Gasteiger charge is 2.44. The first kappa shape index (κ1) is 24.8. The van der Waals surface area contributed by atoms with Crippen LogP contribution in [0.25, 0.3) is 0 Å². The molecule has 0 radical (unpaired) electrons. The monoisotopic (exact) mass is 460 g/mol. The van der Waals surface area contributed by atoms with Crippen LogP contribution in [-0.2, 0) is 28.0 Å². The van der Waals surface area contributed by atoms with Crippen LogP contribution in [0.1, 0.15) is 49.3 Å². The molecule has 0 unspecified atom stereocenters. The number of hydrogen-bond acceptors (Lipinski definition) is 4.